The molecule has 0 spiro atoms. The molecule has 1 saturated carbocycles. The molecule has 1 aromatic rings. The maximum absolute atomic E-state index is 12.7. The average Bonchev–Trinajstić information content (AvgIpc) is 3.09. The summed E-state index contributed by atoms with van der Waals surface area (Å²) in [6.07, 6.45) is 2.22. The van der Waals surface area contributed by atoms with Gasteiger partial charge in [-0.25, -0.2) is 4.39 Å². The number of aromatic hydroxyl groups is 1. The van der Waals surface area contributed by atoms with Crippen molar-refractivity contribution in [3.63, 3.8) is 0 Å². The molecule has 1 aromatic carbocycles. The number of carbonyl (C=O) groups is 1. The van der Waals surface area contributed by atoms with Gasteiger partial charge < -0.3 is 16.2 Å². The minimum absolute atomic E-state index is 0.0402. The first-order chi connectivity index (χ1) is 8.08. The van der Waals surface area contributed by atoms with Crippen molar-refractivity contribution >= 4 is 5.91 Å². The highest BCUT2D eigenvalue weighted by Gasteiger charge is 2.28. The van der Waals surface area contributed by atoms with Crippen LogP contribution in [0.15, 0.2) is 18.2 Å². The summed E-state index contributed by atoms with van der Waals surface area (Å²) in [7, 11) is 0. The first-order valence-electron chi connectivity index (χ1n) is 5.60. The van der Waals surface area contributed by atoms with Crippen LogP contribution >= 0.6 is 0 Å². The highest BCUT2D eigenvalue weighted by molar-refractivity contribution is 5.96. The van der Waals surface area contributed by atoms with E-state index in [0.29, 0.717) is 12.5 Å². The van der Waals surface area contributed by atoms with E-state index >= 15 is 0 Å². The molecular weight excluding hydrogens is 223 g/mol. The molecule has 4 N–H and O–H groups in total. The monoisotopic (exact) mass is 238 g/mol. The van der Waals surface area contributed by atoms with Gasteiger partial charge in [-0.3, -0.25) is 4.79 Å². The zero-order valence-corrected chi connectivity index (χ0v) is 9.32. The van der Waals surface area contributed by atoms with Gasteiger partial charge in [0.05, 0.1) is 5.56 Å². The second-order valence-electron chi connectivity index (χ2n) is 4.37. The Labute approximate surface area is 98.6 Å². The summed E-state index contributed by atoms with van der Waals surface area (Å²) < 4.78 is 12.7. The van der Waals surface area contributed by atoms with E-state index in [1.54, 1.807) is 0 Å². The van der Waals surface area contributed by atoms with Gasteiger partial charge in [-0.2, -0.15) is 0 Å². The number of nitrogens with two attached hydrogens (primary N) is 1. The van der Waals surface area contributed by atoms with Gasteiger partial charge in [-0.05, 0) is 30.9 Å². The summed E-state index contributed by atoms with van der Waals surface area (Å²) in [5.41, 5.74) is 5.89. The Morgan fingerprint density at radius 1 is 1.59 bits per heavy atom. The van der Waals surface area contributed by atoms with Crippen LogP contribution in [0.3, 0.4) is 0 Å². The lowest BCUT2D eigenvalue weighted by Gasteiger charge is -2.12. The van der Waals surface area contributed by atoms with E-state index in [-0.39, 0.29) is 17.4 Å². The van der Waals surface area contributed by atoms with Crippen molar-refractivity contribution in [1.82, 2.24) is 5.32 Å². The van der Waals surface area contributed by atoms with E-state index in [2.05, 4.69) is 5.32 Å². The summed E-state index contributed by atoms with van der Waals surface area (Å²) >= 11 is 0. The van der Waals surface area contributed by atoms with Crippen molar-refractivity contribution in [2.24, 2.45) is 11.7 Å². The predicted octanol–water partition coefficient (Wildman–Crippen LogP) is 0.998. The van der Waals surface area contributed by atoms with Crippen LogP contribution in [0.4, 0.5) is 4.39 Å². The van der Waals surface area contributed by atoms with Crippen molar-refractivity contribution < 1.29 is 14.3 Å². The number of nitrogens with one attached hydrogen (secondary N) is 1. The van der Waals surface area contributed by atoms with Crippen LogP contribution in [-0.2, 0) is 0 Å². The number of hydrogen-bond donors (Lipinski definition) is 3. The Kier molecular flexibility index (Phi) is 3.28. The summed E-state index contributed by atoms with van der Waals surface area (Å²) in [6.45, 7) is 0.375. The quantitative estimate of drug-likeness (QED) is 0.732. The minimum atomic E-state index is -0.575. The minimum Gasteiger partial charge on any atom is -0.507 e. The molecule has 92 valence electrons. The van der Waals surface area contributed by atoms with Gasteiger partial charge in [0.25, 0.3) is 5.91 Å². The first kappa shape index (κ1) is 11.9. The molecule has 1 aliphatic rings. The smallest absolute Gasteiger partial charge is 0.255 e. The molecule has 1 unspecified atom stereocenters. The molecule has 0 aliphatic heterocycles. The van der Waals surface area contributed by atoms with Gasteiger partial charge in [-0.1, -0.05) is 0 Å². The number of benzene rings is 1. The Morgan fingerprint density at radius 3 is 2.88 bits per heavy atom. The second kappa shape index (κ2) is 4.71. The van der Waals surface area contributed by atoms with E-state index in [9.17, 15) is 14.3 Å². The van der Waals surface area contributed by atoms with Gasteiger partial charge >= 0.3 is 0 Å². The van der Waals surface area contributed by atoms with Gasteiger partial charge in [-0.15, -0.1) is 0 Å². The molecule has 0 radical (unpaired) electrons. The predicted molar refractivity (Wildman–Crippen MR) is 61.1 cm³/mol. The molecule has 17 heavy (non-hydrogen) atoms. The molecule has 1 atom stereocenters. The Balaban J connectivity index is 1.94. The third kappa shape index (κ3) is 2.94. The van der Waals surface area contributed by atoms with Gasteiger partial charge in [0.15, 0.2) is 0 Å². The van der Waals surface area contributed by atoms with Crippen LogP contribution in [0.1, 0.15) is 23.2 Å². The highest BCUT2D eigenvalue weighted by atomic mass is 19.1. The zero-order valence-electron chi connectivity index (χ0n) is 9.32. The third-order valence-corrected chi connectivity index (χ3v) is 2.93. The van der Waals surface area contributed by atoms with Crippen molar-refractivity contribution in [3.05, 3.63) is 29.6 Å². The Morgan fingerprint density at radius 2 is 2.29 bits per heavy atom. The zero-order chi connectivity index (χ0) is 12.4. The number of rotatable bonds is 4. The van der Waals surface area contributed by atoms with Crippen LogP contribution in [0.25, 0.3) is 0 Å². The molecule has 4 nitrogen and oxygen atoms in total. The van der Waals surface area contributed by atoms with Crippen LogP contribution in [0.2, 0.25) is 0 Å². The van der Waals surface area contributed by atoms with Crippen LogP contribution < -0.4 is 11.1 Å². The largest absolute Gasteiger partial charge is 0.507 e. The lowest BCUT2D eigenvalue weighted by Crippen LogP contribution is -2.38. The fraction of sp³-hybridized carbons (Fsp3) is 0.417. The molecule has 0 aromatic heterocycles. The van der Waals surface area contributed by atoms with Crippen molar-refractivity contribution in [2.75, 3.05) is 6.54 Å². The molecule has 1 amide bonds. The van der Waals surface area contributed by atoms with E-state index in [1.807, 2.05) is 0 Å². The van der Waals surface area contributed by atoms with Crippen LogP contribution in [0.5, 0.6) is 5.75 Å². The van der Waals surface area contributed by atoms with Crippen molar-refractivity contribution in [1.29, 1.82) is 0 Å². The van der Waals surface area contributed by atoms with E-state index < -0.39 is 11.7 Å². The fourth-order valence-corrected chi connectivity index (χ4v) is 1.69. The summed E-state index contributed by atoms with van der Waals surface area (Å²) in [6, 6.07) is 3.26. The molecule has 5 heteroatoms. The molecular formula is C12H15FN2O2. The highest BCUT2D eigenvalue weighted by Crippen LogP contribution is 2.31. The summed E-state index contributed by atoms with van der Waals surface area (Å²) in [4.78, 5) is 11.7. The van der Waals surface area contributed by atoms with Gasteiger partial charge in [0.1, 0.15) is 11.6 Å². The Bertz CT molecular complexity index is 433. The molecule has 0 heterocycles. The number of carbonyl (C=O) groups excluding carboxylic acids is 1. The molecule has 1 fully saturated rings. The van der Waals surface area contributed by atoms with Crippen LogP contribution in [0, 0.1) is 11.7 Å². The standard InChI is InChI=1S/C12H15FN2O2/c13-8-3-4-9(11(16)5-8)12(17)15-6-10(14)7-1-2-7/h3-5,7,10,16H,1-2,6,14H2,(H,15,17). The number of amides is 1. The number of phenols is 1. The van der Waals surface area contributed by atoms with Gasteiger partial charge in [0, 0.05) is 18.7 Å². The number of hydrogen-bond acceptors (Lipinski definition) is 3. The fourth-order valence-electron chi connectivity index (χ4n) is 1.69. The van der Waals surface area contributed by atoms with E-state index in [1.165, 1.54) is 6.07 Å². The summed E-state index contributed by atoms with van der Waals surface area (Å²) in [5.74, 6) is -0.869. The first-order valence-corrected chi connectivity index (χ1v) is 5.60. The maximum Gasteiger partial charge on any atom is 0.255 e. The SMILES string of the molecule is NC(CNC(=O)c1ccc(F)cc1O)C1CC1. The molecule has 0 saturated heterocycles. The average molecular weight is 238 g/mol. The third-order valence-electron chi connectivity index (χ3n) is 2.93. The second-order valence-corrected chi connectivity index (χ2v) is 4.37. The summed E-state index contributed by atoms with van der Waals surface area (Å²) in [5, 5.41) is 12.1. The van der Waals surface area contributed by atoms with Crippen LogP contribution in [-0.4, -0.2) is 23.6 Å². The molecule has 2 rings (SSSR count). The van der Waals surface area contributed by atoms with Gasteiger partial charge in [0.2, 0.25) is 0 Å². The topological polar surface area (TPSA) is 75.3 Å². The maximum atomic E-state index is 12.7. The lowest BCUT2D eigenvalue weighted by atomic mass is 10.1. The number of phenolic OH excluding ortho intramolecular Hbond substituents is 1. The molecule has 0 bridgehead atoms. The van der Waals surface area contributed by atoms with E-state index in [4.69, 9.17) is 5.73 Å². The van der Waals surface area contributed by atoms with Crippen molar-refractivity contribution in [3.8, 4) is 5.75 Å². The van der Waals surface area contributed by atoms with Crippen molar-refractivity contribution in [2.45, 2.75) is 18.9 Å². The van der Waals surface area contributed by atoms with E-state index in [0.717, 1.165) is 25.0 Å². The lowest BCUT2D eigenvalue weighted by molar-refractivity contribution is 0.0947. The number of halogens is 1. The normalized spacial score (nSPS) is 16.6. The Hall–Kier alpha value is -1.62. The molecule has 1 aliphatic carbocycles.